The van der Waals surface area contributed by atoms with Crippen molar-refractivity contribution in [1.82, 2.24) is 5.48 Å². The second-order valence-corrected chi connectivity index (χ2v) is 2.84. The number of hydrogen-bond donors (Lipinski definition) is 2. The largest absolute Gasteiger partial charge is 0.464 e. The van der Waals surface area contributed by atoms with Crippen molar-refractivity contribution >= 4 is 23.1 Å². The first-order chi connectivity index (χ1) is 6.79. The average molecular weight is 276 g/mol. The van der Waals surface area contributed by atoms with Gasteiger partial charge in [0.05, 0.1) is 6.61 Å². The lowest BCUT2D eigenvalue weighted by Gasteiger charge is -2.02. The van der Waals surface area contributed by atoms with Gasteiger partial charge in [0.2, 0.25) is 0 Å². The van der Waals surface area contributed by atoms with Crippen LogP contribution in [-0.2, 0) is 11.3 Å². The van der Waals surface area contributed by atoms with Crippen LogP contribution in [0.3, 0.4) is 0 Å². The number of benzene rings is 1. The van der Waals surface area contributed by atoms with Crippen LogP contribution >= 0.6 is 17.0 Å². The molecule has 0 heterocycles. The van der Waals surface area contributed by atoms with Crippen molar-refractivity contribution in [2.45, 2.75) is 12.8 Å². The minimum Gasteiger partial charge on any atom is -0.464 e. The summed E-state index contributed by atoms with van der Waals surface area (Å²) in [6, 6.07) is 9.98. The highest BCUT2D eigenvalue weighted by Crippen LogP contribution is 2.01. The van der Waals surface area contributed by atoms with E-state index in [0.29, 0.717) is 6.61 Å². The third-order valence-corrected chi connectivity index (χ3v) is 1.71. The molecule has 15 heavy (non-hydrogen) atoms. The standard InChI is InChI=1S/C10H13NO3.BrH/c12-10(13)11-14-8-4-7-9-5-2-1-3-6-9;/h1-3,5-6,11H,4,7-8H2,(H,12,13);1H. The van der Waals surface area contributed by atoms with Gasteiger partial charge < -0.3 is 5.11 Å². The first-order valence-corrected chi connectivity index (χ1v) is 4.43. The van der Waals surface area contributed by atoms with Crippen molar-refractivity contribution in [3.8, 4) is 0 Å². The van der Waals surface area contributed by atoms with Crippen LogP contribution in [0.25, 0.3) is 0 Å². The summed E-state index contributed by atoms with van der Waals surface area (Å²) >= 11 is 0. The fourth-order valence-corrected chi connectivity index (χ4v) is 1.11. The second kappa shape index (κ2) is 8.26. The maximum absolute atomic E-state index is 10.00. The van der Waals surface area contributed by atoms with Crippen LogP contribution in [-0.4, -0.2) is 17.8 Å². The second-order valence-electron chi connectivity index (χ2n) is 2.84. The molecular formula is C10H14BrNO3. The lowest BCUT2D eigenvalue weighted by atomic mass is 10.1. The summed E-state index contributed by atoms with van der Waals surface area (Å²) in [5.74, 6) is 0. The maximum atomic E-state index is 10.00. The van der Waals surface area contributed by atoms with Crippen molar-refractivity contribution in [2.75, 3.05) is 6.61 Å². The molecule has 0 aliphatic heterocycles. The van der Waals surface area contributed by atoms with E-state index in [9.17, 15) is 4.79 Å². The summed E-state index contributed by atoms with van der Waals surface area (Å²) in [5.41, 5.74) is 3.08. The van der Waals surface area contributed by atoms with Crippen molar-refractivity contribution in [2.24, 2.45) is 0 Å². The highest BCUT2D eigenvalue weighted by Gasteiger charge is 1.94. The van der Waals surface area contributed by atoms with Gasteiger partial charge in [-0.2, -0.15) is 5.48 Å². The smallest absolute Gasteiger partial charge is 0.428 e. The van der Waals surface area contributed by atoms with Gasteiger partial charge in [-0.25, -0.2) is 4.79 Å². The zero-order valence-corrected chi connectivity index (χ0v) is 9.89. The van der Waals surface area contributed by atoms with Crippen LogP contribution in [0.2, 0.25) is 0 Å². The highest BCUT2D eigenvalue weighted by molar-refractivity contribution is 8.93. The zero-order chi connectivity index (χ0) is 10.2. The molecule has 1 rings (SSSR count). The van der Waals surface area contributed by atoms with Gasteiger partial charge in [0, 0.05) is 0 Å². The third-order valence-electron chi connectivity index (χ3n) is 1.71. The lowest BCUT2D eigenvalue weighted by molar-refractivity contribution is 0.0411. The Kier molecular flexibility index (Phi) is 7.67. The molecule has 84 valence electrons. The number of carboxylic acid groups (broad SMARTS) is 1. The van der Waals surface area contributed by atoms with Crippen LogP contribution in [0.1, 0.15) is 12.0 Å². The molecule has 0 aliphatic carbocycles. The molecule has 0 fully saturated rings. The highest BCUT2D eigenvalue weighted by atomic mass is 79.9. The molecule has 1 aromatic rings. The summed E-state index contributed by atoms with van der Waals surface area (Å²) in [4.78, 5) is 14.7. The number of amides is 1. The van der Waals surface area contributed by atoms with Crippen LogP contribution in [0.4, 0.5) is 4.79 Å². The van der Waals surface area contributed by atoms with E-state index >= 15 is 0 Å². The van der Waals surface area contributed by atoms with Gasteiger partial charge in [0.15, 0.2) is 0 Å². The van der Waals surface area contributed by atoms with Crippen molar-refractivity contribution in [1.29, 1.82) is 0 Å². The van der Waals surface area contributed by atoms with E-state index in [1.165, 1.54) is 5.56 Å². The minimum atomic E-state index is -1.16. The third kappa shape index (κ3) is 6.93. The fourth-order valence-electron chi connectivity index (χ4n) is 1.11. The van der Waals surface area contributed by atoms with E-state index in [4.69, 9.17) is 5.11 Å². The van der Waals surface area contributed by atoms with Crippen LogP contribution in [0.5, 0.6) is 0 Å². The summed E-state index contributed by atoms with van der Waals surface area (Å²) < 4.78 is 0. The molecule has 0 saturated heterocycles. The molecule has 0 saturated carbocycles. The Labute approximate surface area is 99.0 Å². The van der Waals surface area contributed by atoms with E-state index in [0.717, 1.165) is 12.8 Å². The predicted octanol–water partition coefficient (Wildman–Crippen LogP) is 2.40. The summed E-state index contributed by atoms with van der Waals surface area (Å²) in [6.07, 6.45) is 0.525. The summed E-state index contributed by atoms with van der Waals surface area (Å²) in [6.45, 7) is 0.390. The topological polar surface area (TPSA) is 58.6 Å². The molecule has 4 nitrogen and oxygen atoms in total. The zero-order valence-electron chi connectivity index (χ0n) is 8.18. The molecule has 0 unspecified atom stereocenters. The molecular weight excluding hydrogens is 262 g/mol. The van der Waals surface area contributed by atoms with Gasteiger partial charge in [-0.3, -0.25) is 4.84 Å². The van der Waals surface area contributed by atoms with Crippen LogP contribution in [0.15, 0.2) is 30.3 Å². The Bertz CT molecular complexity index is 279. The molecule has 1 amide bonds. The van der Waals surface area contributed by atoms with Gasteiger partial charge in [-0.1, -0.05) is 30.3 Å². The number of aryl methyl sites for hydroxylation is 1. The number of halogens is 1. The molecule has 5 heteroatoms. The number of rotatable bonds is 5. The van der Waals surface area contributed by atoms with Gasteiger partial charge >= 0.3 is 6.09 Å². The number of carbonyl (C=O) groups is 1. The summed E-state index contributed by atoms with van der Waals surface area (Å²) in [7, 11) is 0. The predicted molar refractivity (Wildman–Crippen MR) is 62.2 cm³/mol. The van der Waals surface area contributed by atoms with E-state index in [1.54, 1.807) is 0 Å². The van der Waals surface area contributed by atoms with Gasteiger partial charge in [-0.05, 0) is 18.4 Å². The Morgan fingerprint density at radius 3 is 2.60 bits per heavy atom. The fraction of sp³-hybridized carbons (Fsp3) is 0.300. The minimum absolute atomic E-state index is 0. The van der Waals surface area contributed by atoms with Crippen LogP contribution in [0, 0.1) is 0 Å². The van der Waals surface area contributed by atoms with Crippen LogP contribution < -0.4 is 5.48 Å². The first-order valence-electron chi connectivity index (χ1n) is 4.43. The molecule has 0 spiro atoms. The summed E-state index contributed by atoms with van der Waals surface area (Å²) in [5, 5.41) is 8.19. The monoisotopic (exact) mass is 275 g/mol. The lowest BCUT2D eigenvalue weighted by Crippen LogP contribution is -2.21. The Balaban J connectivity index is 0.00000196. The van der Waals surface area contributed by atoms with Gasteiger partial charge in [0.1, 0.15) is 0 Å². The van der Waals surface area contributed by atoms with Crippen molar-refractivity contribution in [3.63, 3.8) is 0 Å². The Morgan fingerprint density at radius 2 is 2.00 bits per heavy atom. The number of hydroxylamine groups is 1. The SMILES string of the molecule is Br.O=C(O)NOCCCc1ccccc1. The van der Waals surface area contributed by atoms with E-state index in [-0.39, 0.29) is 17.0 Å². The van der Waals surface area contributed by atoms with E-state index in [1.807, 2.05) is 35.8 Å². The van der Waals surface area contributed by atoms with Gasteiger partial charge in [-0.15, -0.1) is 17.0 Å². The average Bonchev–Trinajstić information content (AvgIpc) is 2.18. The van der Waals surface area contributed by atoms with Crippen molar-refractivity contribution in [3.05, 3.63) is 35.9 Å². The normalized spacial score (nSPS) is 9.07. The van der Waals surface area contributed by atoms with E-state index in [2.05, 4.69) is 4.84 Å². The molecule has 2 N–H and O–H groups in total. The Morgan fingerprint density at radius 1 is 1.33 bits per heavy atom. The molecule has 0 aromatic heterocycles. The number of hydrogen-bond acceptors (Lipinski definition) is 2. The Hall–Kier alpha value is -1.07. The quantitative estimate of drug-likeness (QED) is 0.641. The maximum Gasteiger partial charge on any atom is 0.428 e. The van der Waals surface area contributed by atoms with Crippen molar-refractivity contribution < 1.29 is 14.7 Å². The van der Waals surface area contributed by atoms with E-state index < -0.39 is 6.09 Å². The first kappa shape index (κ1) is 13.9. The number of nitrogens with one attached hydrogen (secondary N) is 1. The van der Waals surface area contributed by atoms with Gasteiger partial charge in [0.25, 0.3) is 0 Å². The molecule has 0 radical (unpaired) electrons. The molecule has 1 aromatic carbocycles. The molecule has 0 bridgehead atoms. The molecule has 0 aliphatic rings. The molecule has 0 atom stereocenters.